The standard InChI is InChI=1S/C12H10ClNO2/c1-7-10(12(15)16)6-11(14-7)8-2-4-9(13)5-3-8/h2-6,14H,1H3,(H,15,16). The van der Waals surface area contributed by atoms with Crippen LogP contribution in [0.5, 0.6) is 0 Å². The second-order valence-electron chi connectivity index (χ2n) is 3.53. The van der Waals surface area contributed by atoms with Crippen molar-refractivity contribution in [2.24, 2.45) is 0 Å². The van der Waals surface area contributed by atoms with E-state index >= 15 is 0 Å². The van der Waals surface area contributed by atoms with Crippen LogP contribution < -0.4 is 0 Å². The van der Waals surface area contributed by atoms with Gasteiger partial charge in [0.25, 0.3) is 0 Å². The minimum atomic E-state index is -0.922. The number of rotatable bonds is 2. The van der Waals surface area contributed by atoms with Gasteiger partial charge < -0.3 is 10.1 Å². The molecule has 0 aliphatic heterocycles. The third-order valence-corrected chi connectivity index (χ3v) is 2.65. The fraction of sp³-hybridized carbons (Fsp3) is 0.0833. The van der Waals surface area contributed by atoms with Crippen molar-refractivity contribution < 1.29 is 9.90 Å². The van der Waals surface area contributed by atoms with Crippen molar-refractivity contribution in [3.8, 4) is 11.3 Å². The van der Waals surface area contributed by atoms with Crippen LogP contribution in [0.15, 0.2) is 30.3 Å². The molecule has 2 rings (SSSR count). The first-order valence-electron chi connectivity index (χ1n) is 4.77. The molecule has 0 spiro atoms. The minimum Gasteiger partial charge on any atom is -0.478 e. The molecule has 1 heterocycles. The molecule has 0 saturated heterocycles. The number of aromatic amines is 1. The Morgan fingerprint density at radius 3 is 2.44 bits per heavy atom. The summed E-state index contributed by atoms with van der Waals surface area (Å²) >= 11 is 5.78. The van der Waals surface area contributed by atoms with Gasteiger partial charge in [-0.1, -0.05) is 23.7 Å². The van der Waals surface area contributed by atoms with Crippen LogP contribution in [0.1, 0.15) is 16.1 Å². The Kier molecular flexibility index (Phi) is 2.71. The number of carboxylic acid groups (broad SMARTS) is 1. The summed E-state index contributed by atoms with van der Waals surface area (Å²) < 4.78 is 0. The lowest BCUT2D eigenvalue weighted by molar-refractivity contribution is 0.0696. The second-order valence-corrected chi connectivity index (χ2v) is 3.97. The van der Waals surface area contributed by atoms with Gasteiger partial charge in [-0.25, -0.2) is 4.79 Å². The summed E-state index contributed by atoms with van der Waals surface area (Å²) in [4.78, 5) is 13.9. The summed E-state index contributed by atoms with van der Waals surface area (Å²) in [6, 6.07) is 8.86. The largest absolute Gasteiger partial charge is 0.478 e. The third kappa shape index (κ3) is 1.95. The first-order valence-corrected chi connectivity index (χ1v) is 5.14. The third-order valence-electron chi connectivity index (χ3n) is 2.40. The van der Waals surface area contributed by atoms with Crippen LogP contribution in [-0.4, -0.2) is 16.1 Å². The lowest BCUT2D eigenvalue weighted by atomic mass is 10.1. The maximum absolute atomic E-state index is 10.9. The molecule has 2 N–H and O–H groups in total. The van der Waals surface area contributed by atoms with Gasteiger partial charge in [-0.2, -0.15) is 0 Å². The van der Waals surface area contributed by atoms with Gasteiger partial charge in [-0.3, -0.25) is 0 Å². The number of carboxylic acids is 1. The maximum Gasteiger partial charge on any atom is 0.337 e. The molecule has 0 bridgehead atoms. The van der Waals surface area contributed by atoms with Crippen LogP contribution in [0.25, 0.3) is 11.3 Å². The summed E-state index contributed by atoms with van der Waals surface area (Å²) in [7, 11) is 0. The average molecular weight is 236 g/mol. The van der Waals surface area contributed by atoms with Gasteiger partial charge in [-0.05, 0) is 30.7 Å². The Morgan fingerprint density at radius 2 is 1.94 bits per heavy atom. The number of carbonyl (C=O) groups is 1. The van der Waals surface area contributed by atoms with E-state index in [1.165, 1.54) is 0 Å². The smallest absolute Gasteiger partial charge is 0.337 e. The summed E-state index contributed by atoms with van der Waals surface area (Å²) in [5.74, 6) is -0.922. The molecule has 1 aromatic heterocycles. The highest BCUT2D eigenvalue weighted by molar-refractivity contribution is 6.30. The summed E-state index contributed by atoms with van der Waals surface area (Å²) in [6.07, 6.45) is 0. The van der Waals surface area contributed by atoms with E-state index in [1.807, 2.05) is 12.1 Å². The molecule has 2 aromatic rings. The van der Waals surface area contributed by atoms with Crippen LogP contribution in [-0.2, 0) is 0 Å². The number of benzene rings is 1. The van der Waals surface area contributed by atoms with Gasteiger partial charge >= 0.3 is 5.97 Å². The van der Waals surface area contributed by atoms with Crippen LogP contribution >= 0.6 is 11.6 Å². The highest BCUT2D eigenvalue weighted by Crippen LogP contribution is 2.23. The first kappa shape index (κ1) is 10.8. The van der Waals surface area contributed by atoms with Crippen molar-refractivity contribution in [3.05, 3.63) is 46.6 Å². The second kappa shape index (κ2) is 4.02. The van der Waals surface area contributed by atoms with E-state index in [9.17, 15) is 4.79 Å². The topological polar surface area (TPSA) is 53.1 Å². The molecule has 0 amide bonds. The van der Waals surface area contributed by atoms with Crippen molar-refractivity contribution in [2.75, 3.05) is 0 Å². The number of aromatic carboxylic acids is 1. The Hall–Kier alpha value is -1.74. The van der Waals surface area contributed by atoms with Crippen LogP contribution in [0, 0.1) is 6.92 Å². The molecule has 0 radical (unpaired) electrons. The minimum absolute atomic E-state index is 0.296. The van der Waals surface area contributed by atoms with Gasteiger partial charge in [0, 0.05) is 16.4 Å². The molecule has 0 fully saturated rings. The molecule has 0 aliphatic rings. The Labute approximate surface area is 97.7 Å². The number of nitrogens with one attached hydrogen (secondary N) is 1. The Balaban J connectivity index is 2.45. The zero-order valence-corrected chi connectivity index (χ0v) is 9.38. The van der Waals surface area contributed by atoms with E-state index in [2.05, 4.69) is 4.98 Å². The molecule has 1 aromatic carbocycles. The predicted molar refractivity (Wildman–Crippen MR) is 62.9 cm³/mol. The molecule has 0 unspecified atom stereocenters. The van der Waals surface area contributed by atoms with Crippen molar-refractivity contribution in [3.63, 3.8) is 0 Å². The lowest BCUT2D eigenvalue weighted by Gasteiger charge is -1.97. The van der Waals surface area contributed by atoms with Gasteiger partial charge in [0.1, 0.15) is 0 Å². The van der Waals surface area contributed by atoms with E-state index in [4.69, 9.17) is 16.7 Å². The molecule has 0 aliphatic carbocycles. The maximum atomic E-state index is 10.9. The summed E-state index contributed by atoms with van der Waals surface area (Å²) in [5, 5.41) is 9.59. The number of aromatic nitrogens is 1. The van der Waals surface area contributed by atoms with Gasteiger partial charge in [0.05, 0.1) is 5.56 Å². The highest BCUT2D eigenvalue weighted by Gasteiger charge is 2.11. The number of hydrogen-bond donors (Lipinski definition) is 2. The monoisotopic (exact) mass is 235 g/mol. The van der Waals surface area contributed by atoms with Gasteiger partial charge in [0.15, 0.2) is 0 Å². The Bertz CT molecular complexity index is 528. The fourth-order valence-electron chi connectivity index (χ4n) is 1.57. The molecule has 16 heavy (non-hydrogen) atoms. The number of hydrogen-bond acceptors (Lipinski definition) is 1. The van der Waals surface area contributed by atoms with E-state index in [0.29, 0.717) is 16.3 Å². The zero-order valence-electron chi connectivity index (χ0n) is 8.62. The van der Waals surface area contributed by atoms with E-state index in [0.717, 1.165) is 11.3 Å². The van der Waals surface area contributed by atoms with Crippen LogP contribution in [0.4, 0.5) is 0 Å². The van der Waals surface area contributed by atoms with Crippen molar-refractivity contribution in [1.82, 2.24) is 4.98 Å². The molecule has 82 valence electrons. The SMILES string of the molecule is Cc1[nH]c(-c2ccc(Cl)cc2)cc1C(=O)O. The van der Waals surface area contributed by atoms with Gasteiger partial charge in [-0.15, -0.1) is 0 Å². The summed E-state index contributed by atoms with van der Waals surface area (Å²) in [6.45, 7) is 1.74. The van der Waals surface area contributed by atoms with E-state index in [1.54, 1.807) is 25.1 Å². The molecular weight excluding hydrogens is 226 g/mol. The Morgan fingerprint density at radius 1 is 1.31 bits per heavy atom. The van der Waals surface area contributed by atoms with Crippen molar-refractivity contribution in [1.29, 1.82) is 0 Å². The van der Waals surface area contributed by atoms with Crippen LogP contribution in [0.2, 0.25) is 5.02 Å². The van der Waals surface area contributed by atoms with Gasteiger partial charge in [0.2, 0.25) is 0 Å². The van der Waals surface area contributed by atoms with Crippen LogP contribution in [0.3, 0.4) is 0 Å². The lowest BCUT2D eigenvalue weighted by Crippen LogP contribution is -1.95. The first-order chi connectivity index (χ1) is 7.58. The quantitative estimate of drug-likeness (QED) is 0.839. The molecular formula is C12H10ClNO2. The normalized spacial score (nSPS) is 10.4. The molecule has 0 atom stereocenters. The molecule has 0 saturated carbocycles. The highest BCUT2D eigenvalue weighted by atomic mass is 35.5. The zero-order chi connectivity index (χ0) is 11.7. The molecule has 4 heteroatoms. The van der Waals surface area contributed by atoms with Crippen molar-refractivity contribution >= 4 is 17.6 Å². The predicted octanol–water partition coefficient (Wildman–Crippen LogP) is 3.34. The van der Waals surface area contributed by atoms with E-state index in [-0.39, 0.29) is 0 Å². The fourth-order valence-corrected chi connectivity index (χ4v) is 1.69. The van der Waals surface area contributed by atoms with E-state index < -0.39 is 5.97 Å². The average Bonchev–Trinajstić information content (AvgIpc) is 2.61. The number of halogens is 1. The number of aryl methyl sites for hydroxylation is 1. The summed E-state index contributed by atoms with van der Waals surface area (Å²) in [5.41, 5.74) is 2.65. The number of H-pyrrole nitrogens is 1. The molecule has 3 nitrogen and oxygen atoms in total. The van der Waals surface area contributed by atoms with Crippen molar-refractivity contribution in [2.45, 2.75) is 6.92 Å².